The molecular weight excluding hydrogens is 478 g/mol. The number of halogens is 1. The molecule has 33 heavy (non-hydrogen) atoms. The van der Waals surface area contributed by atoms with E-state index in [-0.39, 0.29) is 18.5 Å². The van der Waals surface area contributed by atoms with E-state index >= 15 is 0 Å². The summed E-state index contributed by atoms with van der Waals surface area (Å²) in [5.41, 5.74) is 0.517. The van der Waals surface area contributed by atoms with Crippen molar-refractivity contribution >= 4 is 38.9 Å². The van der Waals surface area contributed by atoms with E-state index in [0.717, 1.165) is 23.8 Å². The highest BCUT2D eigenvalue weighted by Gasteiger charge is 2.33. The first kappa shape index (κ1) is 24.7. The first-order valence-corrected chi connectivity index (χ1v) is 14.4. The summed E-state index contributed by atoms with van der Waals surface area (Å²) < 4.78 is 28.2. The van der Waals surface area contributed by atoms with E-state index in [4.69, 9.17) is 11.6 Å². The maximum Gasteiger partial charge on any atom is 0.252 e. The van der Waals surface area contributed by atoms with Crippen molar-refractivity contribution in [3.05, 3.63) is 51.9 Å². The molecule has 2 heterocycles. The minimum atomic E-state index is -3.51. The van der Waals surface area contributed by atoms with Crippen LogP contribution in [0.1, 0.15) is 60.2 Å². The second kappa shape index (κ2) is 11.3. The summed E-state index contributed by atoms with van der Waals surface area (Å²) in [5, 5.41) is 6.99. The van der Waals surface area contributed by atoms with Crippen LogP contribution < -0.4 is 10.6 Å². The SMILES string of the molecule is O=C(NCc1ccc(S(=O)(=O)N2CCC(NCCC3CCCCC3)C2)s1)c1ccc(Cl)cc1. The van der Waals surface area contributed by atoms with Crippen LogP contribution in [0.5, 0.6) is 0 Å². The Morgan fingerprint density at radius 1 is 1.06 bits per heavy atom. The molecule has 4 rings (SSSR count). The Bertz CT molecular complexity index is 1030. The van der Waals surface area contributed by atoms with Gasteiger partial charge in [-0.25, -0.2) is 8.42 Å². The standard InChI is InChI=1S/C24H32ClN3O3S2/c25-20-8-6-19(7-9-20)24(29)27-16-22-10-11-23(32-22)33(30,31)28-15-13-21(17-28)26-14-12-18-4-2-1-3-5-18/h6-11,18,21,26H,1-5,12-17H2,(H,27,29). The van der Waals surface area contributed by atoms with Gasteiger partial charge in [0, 0.05) is 34.6 Å². The number of nitrogens with zero attached hydrogens (tertiary/aromatic N) is 1. The summed E-state index contributed by atoms with van der Waals surface area (Å²) in [4.78, 5) is 13.1. The Morgan fingerprint density at radius 2 is 1.82 bits per heavy atom. The number of carbonyl (C=O) groups excluding carboxylic acids is 1. The number of nitrogens with one attached hydrogen (secondary N) is 2. The number of rotatable bonds is 9. The van der Waals surface area contributed by atoms with Crippen molar-refractivity contribution < 1.29 is 13.2 Å². The Morgan fingerprint density at radius 3 is 2.58 bits per heavy atom. The predicted molar refractivity (Wildman–Crippen MR) is 133 cm³/mol. The third kappa shape index (κ3) is 6.57. The van der Waals surface area contributed by atoms with Gasteiger partial charge in [0.2, 0.25) is 0 Å². The Balaban J connectivity index is 1.25. The molecule has 0 radical (unpaired) electrons. The van der Waals surface area contributed by atoms with Crippen LogP contribution >= 0.6 is 22.9 Å². The smallest absolute Gasteiger partial charge is 0.252 e. The molecule has 1 atom stereocenters. The zero-order chi connectivity index (χ0) is 23.3. The van der Waals surface area contributed by atoms with Gasteiger partial charge in [-0.3, -0.25) is 4.79 Å². The molecule has 2 aliphatic rings. The maximum atomic E-state index is 13.1. The molecule has 9 heteroatoms. The molecule has 2 fully saturated rings. The van der Waals surface area contributed by atoms with Crippen molar-refractivity contribution in [1.29, 1.82) is 0 Å². The lowest BCUT2D eigenvalue weighted by Crippen LogP contribution is -2.36. The van der Waals surface area contributed by atoms with Crippen molar-refractivity contribution in [2.75, 3.05) is 19.6 Å². The topological polar surface area (TPSA) is 78.5 Å². The number of sulfonamides is 1. The molecule has 1 saturated carbocycles. The molecule has 1 unspecified atom stereocenters. The van der Waals surface area contributed by atoms with Gasteiger partial charge in [0.1, 0.15) is 4.21 Å². The molecule has 1 saturated heterocycles. The Kier molecular flexibility index (Phi) is 8.46. The van der Waals surface area contributed by atoms with Gasteiger partial charge in [-0.15, -0.1) is 11.3 Å². The fraction of sp³-hybridized carbons (Fsp3) is 0.542. The highest BCUT2D eigenvalue weighted by atomic mass is 35.5. The quantitative estimate of drug-likeness (QED) is 0.515. The largest absolute Gasteiger partial charge is 0.347 e. The molecule has 1 aromatic heterocycles. The molecule has 180 valence electrons. The normalized spacial score (nSPS) is 20.2. The van der Waals surface area contributed by atoms with Crippen LogP contribution in [0, 0.1) is 5.92 Å². The summed E-state index contributed by atoms with van der Waals surface area (Å²) in [6, 6.07) is 10.3. The molecular formula is C24H32ClN3O3S2. The zero-order valence-electron chi connectivity index (χ0n) is 18.8. The van der Waals surface area contributed by atoms with Crippen molar-refractivity contribution in [1.82, 2.24) is 14.9 Å². The van der Waals surface area contributed by atoms with Gasteiger partial charge in [0.25, 0.3) is 15.9 Å². The lowest BCUT2D eigenvalue weighted by molar-refractivity contribution is 0.0951. The van der Waals surface area contributed by atoms with E-state index in [1.54, 1.807) is 40.7 Å². The van der Waals surface area contributed by atoms with Gasteiger partial charge < -0.3 is 10.6 Å². The molecule has 1 aliphatic heterocycles. The zero-order valence-corrected chi connectivity index (χ0v) is 21.2. The fourth-order valence-corrected chi connectivity index (χ4v) is 7.75. The summed E-state index contributed by atoms with van der Waals surface area (Å²) in [7, 11) is -3.51. The van der Waals surface area contributed by atoms with Gasteiger partial charge in [-0.1, -0.05) is 43.7 Å². The van der Waals surface area contributed by atoms with E-state index in [1.165, 1.54) is 49.9 Å². The van der Waals surface area contributed by atoms with Crippen LogP contribution in [0.25, 0.3) is 0 Å². The average molecular weight is 510 g/mol. The molecule has 1 amide bonds. The van der Waals surface area contributed by atoms with Crippen molar-refractivity contribution in [3.63, 3.8) is 0 Å². The van der Waals surface area contributed by atoms with Crippen LogP contribution in [-0.4, -0.2) is 44.3 Å². The van der Waals surface area contributed by atoms with Gasteiger partial charge in [0.05, 0.1) is 6.54 Å². The van der Waals surface area contributed by atoms with Crippen LogP contribution in [0.2, 0.25) is 5.02 Å². The van der Waals surface area contributed by atoms with Crippen LogP contribution in [-0.2, 0) is 16.6 Å². The molecule has 6 nitrogen and oxygen atoms in total. The molecule has 0 bridgehead atoms. The third-order valence-corrected chi connectivity index (χ3v) is 10.3. The molecule has 1 aliphatic carbocycles. The van der Waals surface area contributed by atoms with Crippen molar-refractivity contribution in [2.24, 2.45) is 5.92 Å². The van der Waals surface area contributed by atoms with E-state index in [9.17, 15) is 13.2 Å². The number of amides is 1. The van der Waals surface area contributed by atoms with Crippen LogP contribution in [0.15, 0.2) is 40.6 Å². The minimum absolute atomic E-state index is 0.217. The number of carbonyl (C=O) groups is 1. The summed E-state index contributed by atoms with van der Waals surface area (Å²) in [6.45, 7) is 2.32. The number of hydrogen-bond donors (Lipinski definition) is 2. The highest BCUT2D eigenvalue weighted by Crippen LogP contribution is 2.28. The monoisotopic (exact) mass is 509 g/mol. The lowest BCUT2D eigenvalue weighted by atomic mass is 9.87. The van der Waals surface area contributed by atoms with Crippen molar-refractivity contribution in [3.8, 4) is 0 Å². The van der Waals surface area contributed by atoms with E-state index < -0.39 is 10.0 Å². The minimum Gasteiger partial charge on any atom is -0.347 e. The molecule has 2 aromatic rings. The van der Waals surface area contributed by atoms with Crippen molar-refractivity contribution in [2.45, 2.75) is 61.7 Å². The molecule has 2 N–H and O–H groups in total. The summed E-state index contributed by atoms with van der Waals surface area (Å²) in [6.07, 6.45) is 8.81. The predicted octanol–water partition coefficient (Wildman–Crippen LogP) is 4.65. The Labute approximate surface area is 205 Å². The van der Waals surface area contributed by atoms with E-state index in [1.807, 2.05) is 0 Å². The maximum absolute atomic E-state index is 13.1. The third-order valence-electron chi connectivity index (χ3n) is 6.62. The Hall–Kier alpha value is -1.45. The van der Waals surface area contributed by atoms with Crippen LogP contribution in [0.4, 0.5) is 0 Å². The van der Waals surface area contributed by atoms with E-state index in [0.29, 0.717) is 27.9 Å². The van der Waals surface area contributed by atoms with Gasteiger partial charge >= 0.3 is 0 Å². The van der Waals surface area contributed by atoms with E-state index in [2.05, 4.69) is 10.6 Å². The summed E-state index contributed by atoms with van der Waals surface area (Å²) >= 11 is 7.08. The van der Waals surface area contributed by atoms with Gasteiger partial charge in [0.15, 0.2) is 0 Å². The highest BCUT2D eigenvalue weighted by molar-refractivity contribution is 7.91. The fourth-order valence-electron chi connectivity index (χ4n) is 4.67. The lowest BCUT2D eigenvalue weighted by Gasteiger charge is -2.22. The van der Waals surface area contributed by atoms with Crippen LogP contribution in [0.3, 0.4) is 0 Å². The first-order valence-electron chi connectivity index (χ1n) is 11.8. The number of hydrogen-bond acceptors (Lipinski definition) is 5. The number of thiophene rings is 1. The second-order valence-corrected chi connectivity index (χ2v) is 12.8. The molecule has 0 spiro atoms. The van der Waals surface area contributed by atoms with Gasteiger partial charge in [-0.05, 0) is 61.7 Å². The first-order chi connectivity index (χ1) is 15.9. The van der Waals surface area contributed by atoms with Gasteiger partial charge in [-0.2, -0.15) is 4.31 Å². The average Bonchev–Trinajstić information content (AvgIpc) is 3.49. The second-order valence-electron chi connectivity index (χ2n) is 9.01. The number of benzene rings is 1. The molecule has 1 aromatic carbocycles. The summed E-state index contributed by atoms with van der Waals surface area (Å²) in [5.74, 6) is 0.614.